The van der Waals surface area contributed by atoms with Gasteiger partial charge in [-0.2, -0.15) is 5.10 Å². The lowest BCUT2D eigenvalue weighted by Crippen LogP contribution is -2.54. The minimum atomic E-state index is -0.884. The van der Waals surface area contributed by atoms with Crippen LogP contribution in [-0.4, -0.2) is 34.4 Å². The summed E-state index contributed by atoms with van der Waals surface area (Å²) in [6, 6.07) is 7.09. The quantitative estimate of drug-likeness (QED) is 0.884. The summed E-state index contributed by atoms with van der Waals surface area (Å²) in [5.74, 6) is -0.210. The number of nitrogens with zero attached hydrogens (tertiary/aromatic N) is 2. The molecule has 23 heavy (non-hydrogen) atoms. The predicted molar refractivity (Wildman–Crippen MR) is 91.4 cm³/mol. The molecule has 0 radical (unpaired) electrons. The van der Waals surface area contributed by atoms with E-state index in [2.05, 4.69) is 10.4 Å². The Morgan fingerprint density at radius 1 is 1.39 bits per heavy atom. The number of aromatic nitrogens is 2. The molecule has 0 atom stereocenters. The SMILES string of the molecule is Cl.NC1(C(=O)Nc2ccc(-n3cccn3)c(Cl)c2)CCOCC1. The highest BCUT2D eigenvalue weighted by atomic mass is 35.5. The highest BCUT2D eigenvalue weighted by Gasteiger charge is 2.35. The first kappa shape index (κ1) is 17.7. The number of halogens is 2. The van der Waals surface area contributed by atoms with Crippen LogP contribution in [0.2, 0.25) is 5.02 Å². The Balaban J connectivity index is 0.00000192. The molecule has 1 fully saturated rings. The molecule has 1 amide bonds. The summed E-state index contributed by atoms with van der Waals surface area (Å²) in [5, 5.41) is 7.46. The topological polar surface area (TPSA) is 82.2 Å². The summed E-state index contributed by atoms with van der Waals surface area (Å²) >= 11 is 6.26. The lowest BCUT2D eigenvalue weighted by Gasteiger charge is -2.31. The van der Waals surface area contributed by atoms with Gasteiger partial charge >= 0.3 is 0 Å². The summed E-state index contributed by atoms with van der Waals surface area (Å²) in [6.07, 6.45) is 4.50. The molecule has 0 bridgehead atoms. The fraction of sp³-hybridized carbons (Fsp3) is 0.333. The molecular weight excluding hydrogens is 339 g/mol. The minimum absolute atomic E-state index is 0. The molecule has 1 saturated heterocycles. The first-order chi connectivity index (χ1) is 10.6. The molecule has 3 rings (SSSR count). The fourth-order valence-corrected chi connectivity index (χ4v) is 2.67. The van der Waals surface area contributed by atoms with Gasteiger partial charge in [-0.15, -0.1) is 12.4 Å². The number of rotatable bonds is 3. The van der Waals surface area contributed by atoms with Gasteiger partial charge in [-0.05, 0) is 37.1 Å². The van der Waals surface area contributed by atoms with E-state index >= 15 is 0 Å². The van der Waals surface area contributed by atoms with E-state index in [0.717, 1.165) is 5.69 Å². The average molecular weight is 357 g/mol. The molecule has 0 unspecified atom stereocenters. The second-order valence-electron chi connectivity index (χ2n) is 5.34. The average Bonchev–Trinajstić information content (AvgIpc) is 3.02. The molecule has 124 valence electrons. The van der Waals surface area contributed by atoms with Crippen LogP contribution < -0.4 is 11.1 Å². The van der Waals surface area contributed by atoms with Crippen LogP contribution in [0.4, 0.5) is 5.69 Å². The van der Waals surface area contributed by atoms with E-state index in [-0.39, 0.29) is 18.3 Å². The molecule has 8 heteroatoms. The predicted octanol–water partition coefficient (Wildman–Crippen LogP) is 2.39. The summed E-state index contributed by atoms with van der Waals surface area (Å²) in [4.78, 5) is 12.4. The van der Waals surface area contributed by atoms with E-state index in [1.165, 1.54) is 0 Å². The smallest absolute Gasteiger partial charge is 0.244 e. The molecule has 1 aromatic carbocycles. The molecular formula is C15H18Cl2N4O2. The number of nitrogens with one attached hydrogen (secondary N) is 1. The van der Waals surface area contributed by atoms with Crippen molar-refractivity contribution < 1.29 is 9.53 Å². The Kier molecular flexibility index (Phi) is 5.64. The van der Waals surface area contributed by atoms with Crippen molar-refractivity contribution in [3.63, 3.8) is 0 Å². The first-order valence-corrected chi connectivity index (χ1v) is 7.44. The number of hydrogen-bond donors (Lipinski definition) is 2. The van der Waals surface area contributed by atoms with Crippen LogP contribution >= 0.6 is 24.0 Å². The first-order valence-electron chi connectivity index (χ1n) is 7.06. The van der Waals surface area contributed by atoms with Crippen LogP contribution in [0.25, 0.3) is 5.69 Å². The number of nitrogens with two attached hydrogens (primary N) is 1. The normalized spacial score (nSPS) is 16.4. The number of carbonyl (C=O) groups is 1. The molecule has 1 aromatic heterocycles. The highest BCUT2D eigenvalue weighted by molar-refractivity contribution is 6.32. The number of carbonyl (C=O) groups excluding carboxylic acids is 1. The van der Waals surface area contributed by atoms with Crippen LogP contribution in [0.3, 0.4) is 0 Å². The summed E-state index contributed by atoms with van der Waals surface area (Å²) in [5.41, 5.74) is 6.63. The van der Waals surface area contributed by atoms with Crippen molar-refractivity contribution >= 4 is 35.6 Å². The zero-order chi connectivity index (χ0) is 15.6. The minimum Gasteiger partial charge on any atom is -0.381 e. The number of anilines is 1. The molecule has 6 nitrogen and oxygen atoms in total. The number of amides is 1. The van der Waals surface area contributed by atoms with Gasteiger partial charge < -0.3 is 15.8 Å². The van der Waals surface area contributed by atoms with E-state index < -0.39 is 5.54 Å². The van der Waals surface area contributed by atoms with Gasteiger partial charge in [0.25, 0.3) is 0 Å². The summed E-state index contributed by atoms with van der Waals surface area (Å²) < 4.78 is 6.91. The molecule has 2 aromatic rings. The maximum atomic E-state index is 12.4. The summed E-state index contributed by atoms with van der Waals surface area (Å²) in [7, 11) is 0. The third kappa shape index (κ3) is 3.84. The number of ether oxygens (including phenoxy) is 1. The van der Waals surface area contributed by atoms with Crippen LogP contribution in [0.1, 0.15) is 12.8 Å². The zero-order valence-electron chi connectivity index (χ0n) is 12.4. The largest absolute Gasteiger partial charge is 0.381 e. The standard InChI is InChI=1S/C15H17ClN4O2.ClH/c16-12-10-11(2-3-13(12)20-7-1-6-18-20)19-14(21)15(17)4-8-22-9-5-15;/h1-3,6-7,10H,4-5,8-9,17H2,(H,19,21);1H. The zero-order valence-corrected chi connectivity index (χ0v) is 13.9. The van der Waals surface area contributed by atoms with Crippen molar-refractivity contribution in [3.8, 4) is 5.69 Å². The number of hydrogen-bond acceptors (Lipinski definition) is 4. The van der Waals surface area contributed by atoms with Crippen molar-refractivity contribution in [2.75, 3.05) is 18.5 Å². The molecule has 0 saturated carbocycles. The lowest BCUT2D eigenvalue weighted by molar-refractivity contribution is -0.124. The van der Waals surface area contributed by atoms with Gasteiger partial charge in [0, 0.05) is 31.3 Å². The molecule has 1 aliphatic heterocycles. The number of benzene rings is 1. The highest BCUT2D eigenvalue weighted by Crippen LogP contribution is 2.25. The molecule has 3 N–H and O–H groups in total. The van der Waals surface area contributed by atoms with E-state index in [4.69, 9.17) is 22.1 Å². The van der Waals surface area contributed by atoms with Gasteiger partial charge in [0.15, 0.2) is 0 Å². The third-order valence-electron chi connectivity index (χ3n) is 3.79. The molecule has 1 aliphatic rings. The Morgan fingerprint density at radius 2 is 2.13 bits per heavy atom. The van der Waals surface area contributed by atoms with E-state index in [1.54, 1.807) is 35.3 Å². The van der Waals surface area contributed by atoms with Gasteiger partial charge in [-0.3, -0.25) is 4.79 Å². The van der Waals surface area contributed by atoms with Gasteiger partial charge in [-0.1, -0.05) is 11.6 Å². The van der Waals surface area contributed by atoms with Gasteiger partial charge in [-0.25, -0.2) is 4.68 Å². The van der Waals surface area contributed by atoms with Crippen LogP contribution in [0.15, 0.2) is 36.7 Å². The second-order valence-corrected chi connectivity index (χ2v) is 5.75. The van der Waals surface area contributed by atoms with Crippen molar-refractivity contribution in [2.45, 2.75) is 18.4 Å². The van der Waals surface area contributed by atoms with E-state index in [1.807, 2.05) is 6.07 Å². The maximum Gasteiger partial charge on any atom is 0.244 e. The summed E-state index contributed by atoms with van der Waals surface area (Å²) in [6.45, 7) is 1.01. The van der Waals surface area contributed by atoms with Crippen LogP contribution in [-0.2, 0) is 9.53 Å². The van der Waals surface area contributed by atoms with Crippen molar-refractivity contribution in [1.29, 1.82) is 0 Å². The van der Waals surface area contributed by atoms with E-state index in [9.17, 15) is 4.79 Å². The van der Waals surface area contributed by atoms with Gasteiger partial charge in [0.1, 0.15) is 5.54 Å². The van der Waals surface area contributed by atoms with Crippen molar-refractivity contribution in [2.24, 2.45) is 5.73 Å². The van der Waals surface area contributed by atoms with Crippen molar-refractivity contribution in [1.82, 2.24) is 9.78 Å². The van der Waals surface area contributed by atoms with Gasteiger partial charge in [0.2, 0.25) is 5.91 Å². The maximum absolute atomic E-state index is 12.4. The van der Waals surface area contributed by atoms with Crippen LogP contribution in [0, 0.1) is 0 Å². The van der Waals surface area contributed by atoms with Crippen molar-refractivity contribution in [3.05, 3.63) is 41.7 Å². The lowest BCUT2D eigenvalue weighted by atomic mass is 9.90. The van der Waals surface area contributed by atoms with E-state index in [0.29, 0.717) is 36.8 Å². The molecule has 2 heterocycles. The molecule has 0 spiro atoms. The Labute approximate surface area is 145 Å². The Bertz CT molecular complexity index is 670. The monoisotopic (exact) mass is 356 g/mol. The molecule has 0 aliphatic carbocycles. The van der Waals surface area contributed by atoms with Gasteiger partial charge in [0.05, 0.1) is 10.7 Å². The Morgan fingerprint density at radius 3 is 2.74 bits per heavy atom. The Hall–Kier alpha value is -1.60. The fourth-order valence-electron chi connectivity index (χ4n) is 2.40. The van der Waals surface area contributed by atoms with Crippen LogP contribution in [0.5, 0.6) is 0 Å². The third-order valence-corrected chi connectivity index (χ3v) is 4.10. The second kappa shape index (κ2) is 7.31.